The van der Waals surface area contributed by atoms with Gasteiger partial charge in [0.05, 0.1) is 0 Å². The van der Waals surface area contributed by atoms with Gasteiger partial charge in [0.1, 0.15) is 0 Å². The van der Waals surface area contributed by atoms with Gasteiger partial charge in [0.15, 0.2) is 0 Å². The van der Waals surface area contributed by atoms with Crippen LogP contribution in [0.4, 0.5) is 10.5 Å². The van der Waals surface area contributed by atoms with Crippen LogP contribution < -0.4 is 5.32 Å². The predicted octanol–water partition coefficient (Wildman–Crippen LogP) is 4.03. The van der Waals surface area contributed by atoms with Crippen molar-refractivity contribution in [2.45, 2.75) is 51.9 Å². The van der Waals surface area contributed by atoms with E-state index >= 15 is 0 Å². The summed E-state index contributed by atoms with van der Waals surface area (Å²) < 4.78 is 0. The molecule has 1 atom stereocenters. The summed E-state index contributed by atoms with van der Waals surface area (Å²) in [6, 6.07) is 7.85. The maximum absolute atomic E-state index is 12.5. The van der Waals surface area contributed by atoms with Gasteiger partial charge in [-0.15, -0.1) is 0 Å². The summed E-state index contributed by atoms with van der Waals surface area (Å²) in [7, 11) is 0. The van der Waals surface area contributed by atoms with E-state index in [0.29, 0.717) is 18.2 Å². The van der Waals surface area contributed by atoms with E-state index < -0.39 is 0 Å². The van der Waals surface area contributed by atoms with Crippen LogP contribution in [0.15, 0.2) is 24.3 Å². The zero-order valence-electron chi connectivity index (χ0n) is 15.9. The molecule has 1 aromatic carbocycles. The molecular weight excluding hydrogens is 326 g/mol. The Labute approximate surface area is 156 Å². The smallest absolute Gasteiger partial charge is 0.321 e. The number of nitrogens with one attached hydrogen (secondary N) is 1. The van der Waals surface area contributed by atoms with E-state index in [2.05, 4.69) is 5.32 Å². The topological polar surface area (TPSA) is 52.7 Å². The third-order valence-corrected chi connectivity index (χ3v) is 5.58. The molecule has 1 aromatic rings. The highest BCUT2D eigenvalue weighted by molar-refractivity contribution is 5.89. The number of rotatable bonds is 4. The quantitative estimate of drug-likeness (QED) is 0.884. The van der Waals surface area contributed by atoms with Gasteiger partial charge in [0.2, 0.25) is 5.91 Å². The molecule has 2 aliphatic heterocycles. The number of benzene rings is 1. The molecule has 5 heteroatoms. The number of nitrogens with zero attached hydrogens (tertiary/aromatic N) is 2. The second-order valence-electron chi connectivity index (χ2n) is 7.73. The van der Waals surface area contributed by atoms with Gasteiger partial charge in [-0.05, 0) is 63.5 Å². The second kappa shape index (κ2) is 9.06. The van der Waals surface area contributed by atoms with Crippen LogP contribution in [0.1, 0.15) is 50.5 Å². The minimum Gasteiger partial charge on any atom is -0.343 e. The standard InChI is InChI=1S/C21H31N3O2/c1-17-7-10-19(11-8-17)22-21(26)24-15-5-6-18(16-24)9-12-20(25)23-13-3-2-4-14-23/h7-8,10-11,18H,2-6,9,12-16H2,1H3,(H,22,26)/t18-/m0/s1. The van der Waals surface area contributed by atoms with Crippen molar-refractivity contribution in [3.8, 4) is 0 Å². The average Bonchev–Trinajstić information content (AvgIpc) is 2.69. The maximum atomic E-state index is 12.5. The minimum atomic E-state index is -0.0269. The lowest BCUT2D eigenvalue weighted by atomic mass is 9.93. The molecule has 0 aliphatic carbocycles. The number of aryl methyl sites for hydroxylation is 1. The number of piperidine rings is 2. The van der Waals surface area contributed by atoms with Crippen molar-refractivity contribution in [1.82, 2.24) is 9.80 Å². The summed E-state index contributed by atoms with van der Waals surface area (Å²) in [6.07, 6.45) is 7.18. The Morgan fingerprint density at radius 2 is 1.69 bits per heavy atom. The Kier molecular flexibility index (Phi) is 6.53. The first-order valence-corrected chi connectivity index (χ1v) is 10.0. The lowest BCUT2D eigenvalue weighted by Crippen LogP contribution is -2.42. The van der Waals surface area contributed by atoms with Crippen LogP contribution in [-0.4, -0.2) is 47.9 Å². The first-order chi connectivity index (χ1) is 12.6. The SMILES string of the molecule is Cc1ccc(NC(=O)N2CCC[C@@H](CCC(=O)N3CCCCC3)C2)cc1. The molecule has 1 N–H and O–H groups in total. The van der Waals surface area contributed by atoms with Gasteiger partial charge in [-0.2, -0.15) is 0 Å². The van der Waals surface area contributed by atoms with Gasteiger partial charge in [0.25, 0.3) is 0 Å². The fourth-order valence-electron chi connectivity index (χ4n) is 3.95. The molecule has 3 amide bonds. The Morgan fingerprint density at radius 1 is 1.00 bits per heavy atom. The van der Waals surface area contributed by atoms with Gasteiger partial charge in [0, 0.05) is 38.3 Å². The molecule has 0 saturated carbocycles. The van der Waals surface area contributed by atoms with Gasteiger partial charge >= 0.3 is 6.03 Å². The lowest BCUT2D eigenvalue weighted by molar-refractivity contribution is -0.132. The molecule has 0 aromatic heterocycles. The van der Waals surface area contributed by atoms with Gasteiger partial charge in [-0.3, -0.25) is 4.79 Å². The number of anilines is 1. The number of carbonyl (C=O) groups is 2. The minimum absolute atomic E-state index is 0.0269. The first-order valence-electron chi connectivity index (χ1n) is 10.0. The Hall–Kier alpha value is -2.04. The molecule has 142 valence electrons. The van der Waals surface area contributed by atoms with Crippen molar-refractivity contribution in [2.75, 3.05) is 31.5 Å². The number of hydrogen-bond acceptors (Lipinski definition) is 2. The summed E-state index contributed by atoms with van der Waals surface area (Å²) in [5.41, 5.74) is 2.02. The Bertz CT molecular complexity index is 608. The van der Waals surface area contributed by atoms with Crippen molar-refractivity contribution in [2.24, 2.45) is 5.92 Å². The fourth-order valence-corrected chi connectivity index (χ4v) is 3.95. The molecule has 0 unspecified atom stereocenters. The number of likely N-dealkylation sites (tertiary alicyclic amines) is 2. The summed E-state index contributed by atoms with van der Waals surface area (Å²) in [5, 5.41) is 2.99. The van der Waals surface area contributed by atoms with Crippen LogP contribution in [-0.2, 0) is 4.79 Å². The van der Waals surface area contributed by atoms with Crippen molar-refractivity contribution in [1.29, 1.82) is 0 Å². The summed E-state index contributed by atoms with van der Waals surface area (Å²) in [6.45, 7) is 5.44. The van der Waals surface area contributed by atoms with E-state index in [0.717, 1.165) is 64.0 Å². The number of amides is 3. The molecule has 2 aliphatic rings. The second-order valence-corrected chi connectivity index (χ2v) is 7.73. The highest BCUT2D eigenvalue weighted by Crippen LogP contribution is 2.23. The highest BCUT2D eigenvalue weighted by atomic mass is 16.2. The van der Waals surface area contributed by atoms with E-state index in [1.807, 2.05) is 41.0 Å². The Morgan fingerprint density at radius 3 is 2.42 bits per heavy atom. The number of urea groups is 1. The summed E-state index contributed by atoms with van der Waals surface area (Å²) in [5.74, 6) is 0.729. The molecular formula is C21H31N3O2. The van der Waals surface area contributed by atoms with E-state index in [1.165, 1.54) is 12.0 Å². The average molecular weight is 357 g/mol. The lowest BCUT2D eigenvalue weighted by Gasteiger charge is -2.33. The van der Waals surface area contributed by atoms with E-state index in [4.69, 9.17) is 0 Å². The summed E-state index contributed by atoms with van der Waals surface area (Å²) in [4.78, 5) is 28.8. The van der Waals surface area contributed by atoms with Crippen molar-refractivity contribution in [3.63, 3.8) is 0 Å². The Balaban J connectivity index is 1.45. The highest BCUT2D eigenvalue weighted by Gasteiger charge is 2.25. The third-order valence-electron chi connectivity index (χ3n) is 5.58. The molecule has 2 heterocycles. The molecule has 2 fully saturated rings. The van der Waals surface area contributed by atoms with E-state index in [9.17, 15) is 9.59 Å². The van der Waals surface area contributed by atoms with Crippen molar-refractivity contribution < 1.29 is 9.59 Å². The molecule has 2 saturated heterocycles. The summed E-state index contributed by atoms with van der Waals surface area (Å²) >= 11 is 0. The van der Waals surface area contributed by atoms with E-state index in [-0.39, 0.29) is 6.03 Å². The van der Waals surface area contributed by atoms with Crippen molar-refractivity contribution in [3.05, 3.63) is 29.8 Å². The van der Waals surface area contributed by atoms with Crippen molar-refractivity contribution >= 4 is 17.6 Å². The van der Waals surface area contributed by atoms with Crippen LogP contribution in [0.2, 0.25) is 0 Å². The largest absolute Gasteiger partial charge is 0.343 e. The van der Waals surface area contributed by atoms with Gasteiger partial charge in [-0.1, -0.05) is 17.7 Å². The normalized spacial score (nSPS) is 20.7. The van der Waals surface area contributed by atoms with E-state index in [1.54, 1.807) is 0 Å². The molecule has 0 spiro atoms. The zero-order chi connectivity index (χ0) is 18.4. The molecule has 26 heavy (non-hydrogen) atoms. The van der Waals surface area contributed by atoms with Crippen LogP contribution in [0.25, 0.3) is 0 Å². The number of hydrogen-bond donors (Lipinski definition) is 1. The predicted molar refractivity (Wildman–Crippen MR) is 104 cm³/mol. The first kappa shape index (κ1) is 18.7. The molecule has 5 nitrogen and oxygen atoms in total. The van der Waals surface area contributed by atoms with Crippen LogP contribution in [0.3, 0.4) is 0 Å². The molecule has 0 bridgehead atoms. The van der Waals surface area contributed by atoms with Gasteiger partial charge in [-0.25, -0.2) is 4.79 Å². The molecule has 0 radical (unpaired) electrons. The third kappa shape index (κ3) is 5.23. The fraction of sp³-hybridized carbons (Fsp3) is 0.619. The molecule has 3 rings (SSSR count). The monoisotopic (exact) mass is 357 g/mol. The van der Waals surface area contributed by atoms with Crippen LogP contribution in [0.5, 0.6) is 0 Å². The maximum Gasteiger partial charge on any atom is 0.321 e. The zero-order valence-corrected chi connectivity index (χ0v) is 15.9. The van der Waals surface area contributed by atoms with Gasteiger partial charge < -0.3 is 15.1 Å². The van der Waals surface area contributed by atoms with Crippen LogP contribution in [0, 0.1) is 12.8 Å². The van der Waals surface area contributed by atoms with Crippen LogP contribution >= 0.6 is 0 Å². The number of carbonyl (C=O) groups excluding carboxylic acids is 2.